The van der Waals surface area contributed by atoms with Crippen LogP contribution in [0.25, 0.3) is 0 Å². The minimum atomic E-state index is 0.512. The molecular formula is C21H34N8. The van der Waals surface area contributed by atoms with Gasteiger partial charge in [0.2, 0.25) is 0 Å². The Balaban J connectivity index is 2.81. The van der Waals surface area contributed by atoms with Crippen LogP contribution in [0.2, 0.25) is 0 Å². The quantitative estimate of drug-likeness (QED) is 0.601. The van der Waals surface area contributed by atoms with E-state index in [1.165, 1.54) is 0 Å². The molecule has 1 heterocycles. The van der Waals surface area contributed by atoms with E-state index in [-0.39, 0.29) is 0 Å². The molecule has 0 atom stereocenters. The van der Waals surface area contributed by atoms with Crippen LogP contribution < -0.4 is 0 Å². The first-order valence-electron chi connectivity index (χ1n) is 10.6. The van der Waals surface area contributed by atoms with Crippen molar-refractivity contribution in [1.82, 2.24) is 19.6 Å². The number of rotatable bonds is 8. The van der Waals surface area contributed by atoms with Gasteiger partial charge in [0.05, 0.1) is 24.3 Å². The Hall–Kier alpha value is -2.20. The molecule has 1 aliphatic heterocycles. The second-order valence-electron chi connectivity index (χ2n) is 7.35. The minimum absolute atomic E-state index is 0.512. The summed E-state index contributed by atoms with van der Waals surface area (Å²) < 4.78 is 0. The molecule has 0 aromatic carbocycles. The molecule has 1 saturated heterocycles. The summed E-state index contributed by atoms with van der Waals surface area (Å²) in [5.74, 6) is 0. The topological polar surface area (TPSA) is 108 Å². The second kappa shape index (κ2) is 16.7. The lowest BCUT2D eigenvalue weighted by Gasteiger charge is -2.29. The van der Waals surface area contributed by atoms with Gasteiger partial charge in [0.1, 0.15) is 0 Å². The molecule has 8 nitrogen and oxygen atoms in total. The van der Waals surface area contributed by atoms with E-state index in [1.54, 1.807) is 0 Å². The van der Waals surface area contributed by atoms with Crippen molar-refractivity contribution in [3.8, 4) is 24.3 Å². The lowest BCUT2D eigenvalue weighted by molar-refractivity contribution is 0.177. The summed E-state index contributed by atoms with van der Waals surface area (Å²) in [6.45, 7) is 10.2. The molecule has 1 rings (SSSR count). The molecule has 0 saturated carbocycles. The first kappa shape index (κ1) is 24.8. The van der Waals surface area contributed by atoms with Gasteiger partial charge in [-0.05, 0) is 19.5 Å². The van der Waals surface area contributed by atoms with Crippen molar-refractivity contribution in [2.45, 2.75) is 32.1 Å². The molecule has 0 unspecified atom stereocenters. The van der Waals surface area contributed by atoms with Crippen molar-refractivity contribution in [2.24, 2.45) is 0 Å². The molecule has 0 bridgehead atoms. The van der Waals surface area contributed by atoms with Crippen LogP contribution in [0, 0.1) is 45.3 Å². The Kier molecular flexibility index (Phi) is 14.3. The van der Waals surface area contributed by atoms with Crippen molar-refractivity contribution in [1.29, 1.82) is 21.0 Å². The average Bonchev–Trinajstić information content (AvgIpc) is 2.75. The monoisotopic (exact) mass is 398 g/mol. The molecule has 0 spiro atoms. The van der Waals surface area contributed by atoms with E-state index < -0.39 is 0 Å². The molecule has 158 valence electrons. The van der Waals surface area contributed by atoms with E-state index in [9.17, 15) is 0 Å². The van der Waals surface area contributed by atoms with Gasteiger partial charge in [0.25, 0.3) is 0 Å². The van der Waals surface area contributed by atoms with Gasteiger partial charge >= 0.3 is 0 Å². The molecule has 0 N–H and O–H groups in total. The third-order valence-electron chi connectivity index (χ3n) is 5.31. The molecule has 1 fully saturated rings. The largest absolute Gasteiger partial charge is 0.301 e. The first-order chi connectivity index (χ1) is 14.2. The lowest BCUT2D eigenvalue weighted by atomic mass is 10.3. The molecule has 0 aromatic heterocycles. The Labute approximate surface area is 176 Å². The third kappa shape index (κ3) is 12.1. The van der Waals surface area contributed by atoms with E-state index >= 15 is 0 Å². The molecule has 0 radical (unpaired) electrons. The van der Waals surface area contributed by atoms with Crippen molar-refractivity contribution in [2.75, 3.05) is 78.5 Å². The molecule has 29 heavy (non-hydrogen) atoms. The van der Waals surface area contributed by atoms with Gasteiger partial charge in [-0.25, -0.2) is 0 Å². The molecular weight excluding hydrogens is 364 g/mol. The van der Waals surface area contributed by atoms with Gasteiger partial charge in [-0.3, -0.25) is 9.80 Å². The molecule has 8 heteroatoms. The molecule has 0 aliphatic carbocycles. The smallest absolute Gasteiger partial charge is 0.0635 e. The number of hydrogen-bond acceptors (Lipinski definition) is 8. The Morgan fingerprint density at radius 1 is 0.414 bits per heavy atom. The number of nitrogens with zero attached hydrogens (tertiary/aromatic N) is 8. The van der Waals surface area contributed by atoms with Crippen LogP contribution >= 0.6 is 0 Å². The maximum absolute atomic E-state index is 8.98. The maximum Gasteiger partial charge on any atom is 0.0635 e. The predicted octanol–water partition coefficient (Wildman–Crippen LogP) is 1.25. The van der Waals surface area contributed by atoms with Gasteiger partial charge in [-0.15, -0.1) is 0 Å². The zero-order chi connectivity index (χ0) is 21.2. The summed E-state index contributed by atoms with van der Waals surface area (Å²) in [7, 11) is 0. The van der Waals surface area contributed by atoms with Gasteiger partial charge in [0.15, 0.2) is 0 Å². The molecule has 0 aromatic rings. The van der Waals surface area contributed by atoms with Gasteiger partial charge in [-0.2, -0.15) is 21.0 Å². The first-order valence-corrected chi connectivity index (χ1v) is 10.6. The van der Waals surface area contributed by atoms with Crippen molar-refractivity contribution >= 4 is 0 Å². The number of nitriles is 4. The fraction of sp³-hybridized carbons (Fsp3) is 0.810. The van der Waals surface area contributed by atoms with Crippen molar-refractivity contribution in [3.63, 3.8) is 0 Å². The van der Waals surface area contributed by atoms with E-state index in [4.69, 9.17) is 21.0 Å². The van der Waals surface area contributed by atoms with Crippen LogP contribution in [-0.2, 0) is 0 Å². The summed E-state index contributed by atoms with van der Waals surface area (Å²) in [6, 6.07) is 8.96. The second-order valence-corrected chi connectivity index (χ2v) is 7.35. The van der Waals surface area contributed by atoms with Crippen LogP contribution in [0.4, 0.5) is 0 Å². The van der Waals surface area contributed by atoms with Crippen LogP contribution in [0.5, 0.6) is 0 Å². The summed E-state index contributed by atoms with van der Waals surface area (Å²) >= 11 is 0. The standard InChI is InChI=1S/C21H34N8/c22-6-1-10-26-14-5-15-27(11-2-7-23)17-19-29(13-4-9-25)21-20-28(18-16-26)12-3-8-24/h1-5,10-21H2. The summed E-state index contributed by atoms with van der Waals surface area (Å²) in [5, 5.41) is 35.9. The highest BCUT2D eigenvalue weighted by Gasteiger charge is 2.15. The Morgan fingerprint density at radius 3 is 0.897 bits per heavy atom. The Morgan fingerprint density at radius 2 is 0.655 bits per heavy atom. The third-order valence-corrected chi connectivity index (χ3v) is 5.31. The molecule has 1 aliphatic rings. The van der Waals surface area contributed by atoms with E-state index in [0.29, 0.717) is 25.7 Å². The fourth-order valence-electron chi connectivity index (χ4n) is 3.54. The van der Waals surface area contributed by atoms with Crippen LogP contribution in [0.3, 0.4) is 0 Å². The predicted molar refractivity (Wildman–Crippen MR) is 111 cm³/mol. The normalized spacial score (nSPS) is 18.9. The highest BCUT2D eigenvalue weighted by atomic mass is 15.2. The van der Waals surface area contributed by atoms with E-state index in [1.807, 2.05) is 0 Å². The minimum Gasteiger partial charge on any atom is -0.301 e. The van der Waals surface area contributed by atoms with Crippen molar-refractivity contribution in [3.05, 3.63) is 0 Å². The maximum atomic E-state index is 8.98. The SMILES string of the molecule is N#CCCN1CCCN(CCC#N)CCN(CCC#N)CCN(CCC#N)CC1. The zero-order valence-electron chi connectivity index (χ0n) is 17.6. The highest BCUT2D eigenvalue weighted by molar-refractivity contribution is 4.79. The highest BCUT2D eigenvalue weighted by Crippen LogP contribution is 2.04. The summed E-state index contributed by atoms with van der Waals surface area (Å²) in [4.78, 5) is 9.34. The van der Waals surface area contributed by atoms with Gasteiger partial charge in [-0.1, -0.05) is 0 Å². The van der Waals surface area contributed by atoms with Gasteiger partial charge in [0, 0.05) is 91.1 Å². The average molecular weight is 399 g/mol. The van der Waals surface area contributed by atoms with Crippen LogP contribution in [-0.4, -0.2) is 98.1 Å². The van der Waals surface area contributed by atoms with Crippen LogP contribution in [0.15, 0.2) is 0 Å². The lowest BCUT2D eigenvalue weighted by Crippen LogP contribution is -2.42. The Bertz CT molecular complexity index is 542. The summed E-state index contributed by atoms with van der Waals surface area (Å²) in [5.41, 5.74) is 0. The molecule has 0 amide bonds. The van der Waals surface area contributed by atoms with Crippen LogP contribution in [0.1, 0.15) is 32.1 Å². The fourth-order valence-corrected chi connectivity index (χ4v) is 3.54. The van der Waals surface area contributed by atoms with E-state index in [0.717, 1.165) is 85.0 Å². The summed E-state index contributed by atoms with van der Waals surface area (Å²) in [6.07, 6.45) is 3.08. The van der Waals surface area contributed by atoms with Crippen molar-refractivity contribution < 1.29 is 0 Å². The van der Waals surface area contributed by atoms with Gasteiger partial charge < -0.3 is 9.80 Å². The number of hydrogen-bond donors (Lipinski definition) is 0. The van der Waals surface area contributed by atoms with E-state index in [2.05, 4.69) is 43.9 Å². The zero-order valence-corrected chi connectivity index (χ0v) is 17.6.